The zero-order valence-corrected chi connectivity index (χ0v) is 12.6. The summed E-state index contributed by atoms with van der Waals surface area (Å²) in [4.78, 5) is 2.41. The Bertz CT molecular complexity index is 607. The zero-order valence-electron chi connectivity index (χ0n) is 12.6. The Morgan fingerprint density at radius 3 is 2.52 bits per heavy atom. The van der Waals surface area contributed by atoms with Gasteiger partial charge in [0.25, 0.3) is 0 Å². The average molecular weight is 282 g/mol. The first-order valence-electron chi connectivity index (χ1n) is 7.45. The van der Waals surface area contributed by atoms with Crippen molar-refractivity contribution in [2.45, 2.75) is 25.4 Å². The molecule has 3 rings (SSSR count). The molecule has 0 fully saturated rings. The number of nitrogens with two attached hydrogens (primary N) is 1. The lowest BCUT2D eigenvalue weighted by Gasteiger charge is -2.41. The maximum absolute atomic E-state index is 6.30. The summed E-state index contributed by atoms with van der Waals surface area (Å²) in [5.41, 5.74) is 10.3. The Kier molecular flexibility index (Phi) is 3.84. The van der Waals surface area contributed by atoms with Crippen LogP contribution in [-0.2, 0) is 6.42 Å². The molecule has 2 aromatic carbocycles. The second kappa shape index (κ2) is 5.78. The van der Waals surface area contributed by atoms with Gasteiger partial charge in [-0.05, 0) is 48.7 Å². The van der Waals surface area contributed by atoms with E-state index in [0.29, 0.717) is 0 Å². The van der Waals surface area contributed by atoms with Gasteiger partial charge in [0.15, 0.2) is 0 Å². The number of fused-ring (bicyclic) bond motifs is 1. The lowest BCUT2D eigenvalue weighted by atomic mass is 9.88. The molecule has 2 aromatic rings. The van der Waals surface area contributed by atoms with E-state index in [-0.39, 0.29) is 12.1 Å². The van der Waals surface area contributed by atoms with E-state index in [9.17, 15) is 0 Å². The summed E-state index contributed by atoms with van der Waals surface area (Å²) < 4.78 is 5.24. The SMILES string of the molecule is COc1ccc(N2CCc3ccccc3C2C(C)N)cc1. The van der Waals surface area contributed by atoms with Crippen molar-refractivity contribution in [2.24, 2.45) is 5.73 Å². The minimum absolute atomic E-state index is 0.0774. The Hall–Kier alpha value is -2.00. The molecule has 0 aromatic heterocycles. The summed E-state index contributed by atoms with van der Waals surface area (Å²) in [5.74, 6) is 0.883. The van der Waals surface area contributed by atoms with Crippen molar-refractivity contribution in [3.63, 3.8) is 0 Å². The Labute approximate surface area is 126 Å². The van der Waals surface area contributed by atoms with E-state index < -0.39 is 0 Å². The molecule has 0 radical (unpaired) electrons. The largest absolute Gasteiger partial charge is 0.497 e. The van der Waals surface area contributed by atoms with E-state index in [1.165, 1.54) is 16.8 Å². The lowest BCUT2D eigenvalue weighted by molar-refractivity contribution is 0.414. The summed E-state index contributed by atoms with van der Waals surface area (Å²) in [7, 11) is 1.69. The van der Waals surface area contributed by atoms with E-state index in [1.807, 2.05) is 12.1 Å². The van der Waals surface area contributed by atoms with Gasteiger partial charge in [0.2, 0.25) is 0 Å². The van der Waals surface area contributed by atoms with Gasteiger partial charge in [-0.15, -0.1) is 0 Å². The minimum atomic E-state index is 0.0774. The van der Waals surface area contributed by atoms with Crippen molar-refractivity contribution < 1.29 is 4.74 Å². The van der Waals surface area contributed by atoms with Crippen LogP contribution in [0.25, 0.3) is 0 Å². The summed E-state index contributed by atoms with van der Waals surface area (Å²) in [6.45, 7) is 3.08. The summed E-state index contributed by atoms with van der Waals surface area (Å²) >= 11 is 0. The van der Waals surface area contributed by atoms with E-state index >= 15 is 0 Å². The van der Waals surface area contributed by atoms with Crippen LogP contribution >= 0.6 is 0 Å². The molecule has 0 aliphatic carbocycles. The molecule has 2 atom stereocenters. The number of ether oxygens (including phenoxy) is 1. The van der Waals surface area contributed by atoms with Crippen molar-refractivity contribution in [2.75, 3.05) is 18.6 Å². The van der Waals surface area contributed by atoms with Crippen LogP contribution in [0.4, 0.5) is 5.69 Å². The quantitative estimate of drug-likeness (QED) is 0.940. The molecule has 1 heterocycles. The lowest BCUT2D eigenvalue weighted by Crippen LogP contribution is -2.44. The molecule has 21 heavy (non-hydrogen) atoms. The number of benzene rings is 2. The maximum atomic E-state index is 6.30. The highest BCUT2D eigenvalue weighted by Gasteiger charge is 2.29. The second-order valence-electron chi connectivity index (χ2n) is 5.64. The molecule has 3 heteroatoms. The normalized spacial score (nSPS) is 19.0. The zero-order chi connectivity index (χ0) is 14.8. The molecule has 0 saturated carbocycles. The fraction of sp³-hybridized carbons (Fsp3) is 0.333. The van der Waals surface area contributed by atoms with Crippen molar-refractivity contribution in [1.29, 1.82) is 0 Å². The van der Waals surface area contributed by atoms with Gasteiger partial charge in [-0.2, -0.15) is 0 Å². The summed E-state index contributed by atoms with van der Waals surface area (Å²) in [5, 5.41) is 0. The van der Waals surface area contributed by atoms with Gasteiger partial charge >= 0.3 is 0 Å². The highest BCUT2D eigenvalue weighted by atomic mass is 16.5. The molecule has 1 aliphatic heterocycles. The Morgan fingerprint density at radius 1 is 1.14 bits per heavy atom. The van der Waals surface area contributed by atoms with Gasteiger partial charge in [-0.3, -0.25) is 0 Å². The van der Waals surface area contributed by atoms with E-state index in [2.05, 4.69) is 48.2 Å². The molecule has 2 unspecified atom stereocenters. The topological polar surface area (TPSA) is 38.5 Å². The van der Waals surface area contributed by atoms with Gasteiger partial charge in [0.1, 0.15) is 5.75 Å². The number of methoxy groups -OCH3 is 1. The second-order valence-corrected chi connectivity index (χ2v) is 5.64. The van der Waals surface area contributed by atoms with Crippen molar-refractivity contribution in [3.8, 4) is 5.75 Å². The van der Waals surface area contributed by atoms with Crippen LogP contribution in [-0.4, -0.2) is 19.7 Å². The Morgan fingerprint density at radius 2 is 1.86 bits per heavy atom. The predicted molar refractivity (Wildman–Crippen MR) is 86.9 cm³/mol. The van der Waals surface area contributed by atoms with Gasteiger partial charge in [0.05, 0.1) is 13.2 Å². The van der Waals surface area contributed by atoms with Crippen LogP contribution in [0.15, 0.2) is 48.5 Å². The van der Waals surface area contributed by atoms with Crippen LogP contribution < -0.4 is 15.4 Å². The molecule has 0 spiro atoms. The smallest absolute Gasteiger partial charge is 0.119 e. The average Bonchev–Trinajstić information content (AvgIpc) is 2.53. The third-order valence-electron chi connectivity index (χ3n) is 4.23. The molecule has 2 N–H and O–H groups in total. The van der Waals surface area contributed by atoms with Gasteiger partial charge in [-0.1, -0.05) is 24.3 Å². The highest BCUT2D eigenvalue weighted by Crippen LogP contribution is 2.35. The number of rotatable bonds is 3. The van der Waals surface area contributed by atoms with Crippen LogP contribution in [0.2, 0.25) is 0 Å². The summed E-state index contributed by atoms with van der Waals surface area (Å²) in [6.07, 6.45) is 1.06. The minimum Gasteiger partial charge on any atom is -0.497 e. The molecular formula is C18H22N2O. The first-order chi connectivity index (χ1) is 10.2. The fourth-order valence-corrected chi connectivity index (χ4v) is 3.23. The van der Waals surface area contributed by atoms with Crippen molar-refractivity contribution in [1.82, 2.24) is 0 Å². The number of hydrogen-bond donors (Lipinski definition) is 1. The van der Waals surface area contributed by atoms with E-state index in [4.69, 9.17) is 10.5 Å². The Balaban J connectivity index is 1.98. The number of nitrogens with zero attached hydrogens (tertiary/aromatic N) is 1. The first-order valence-corrected chi connectivity index (χ1v) is 7.45. The monoisotopic (exact) mass is 282 g/mol. The third-order valence-corrected chi connectivity index (χ3v) is 4.23. The molecule has 0 amide bonds. The van der Waals surface area contributed by atoms with Crippen LogP contribution in [0.1, 0.15) is 24.1 Å². The molecule has 110 valence electrons. The van der Waals surface area contributed by atoms with Crippen molar-refractivity contribution in [3.05, 3.63) is 59.7 Å². The standard InChI is InChI=1S/C18H22N2O/c1-13(19)18-17-6-4-3-5-14(17)11-12-20(18)15-7-9-16(21-2)10-8-15/h3-10,13,18H,11-12,19H2,1-2H3. The van der Waals surface area contributed by atoms with Crippen LogP contribution in [0.5, 0.6) is 5.75 Å². The van der Waals surface area contributed by atoms with E-state index in [1.54, 1.807) is 7.11 Å². The highest BCUT2D eigenvalue weighted by molar-refractivity contribution is 5.54. The van der Waals surface area contributed by atoms with Gasteiger partial charge in [-0.25, -0.2) is 0 Å². The van der Waals surface area contributed by atoms with Crippen LogP contribution in [0, 0.1) is 0 Å². The van der Waals surface area contributed by atoms with E-state index in [0.717, 1.165) is 18.7 Å². The molecule has 0 bridgehead atoms. The van der Waals surface area contributed by atoms with Gasteiger partial charge < -0.3 is 15.4 Å². The maximum Gasteiger partial charge on any atom is 0.119 e. The van der Waals surface area contributed by atoms with Gasteiger partial charge in [0, 0.05) is 18.3 Å². The third kappa shape index (κ3) is 2.61. The van der Waals surface area contributed by atoms with Crippen molar-refractivity contribution >= 4 is 5.69 Å². The molecular weight excluding hydrogens is 260 g/mol. The molecule has 0 saturated heterocycles. The summed E-state index contributed by atoms with van der Waals surface area (Å²) in [6, 6.07) is 17.2. The first kappa shape index (κ1) is 14.0. The predicted octanol–water partition coefficient (Wildman–Crippen LogP) is 3.15. The fourth-order valence-electron chi connectivity index (χ4n) is 3.23. The molecule has 3 nitrogen and oxygen atoms in total. The number of hydrogen-bond acceptors (Lipinski definition) is 3. The van der Waals surface area contributed by atoms with Crippen LogP contribution in [0.3, 0.4) is 0 Å². The number of anilines is 1. The molecule has 1 aliphatic rings.